The summed E-state index contributed by atoms with van der Waals surface area (Å²) in [6.07, 6.45) is 2.10. The van der Waals surface area contributed by atoms with E-state index in [1.165, 1.54) is 16.9 Å². The largest absolute Gasteiger partial charge is 0.252 e. The van der Waals surface area contributed by atoms with Crippen molar-refractivity contribution in [2.45, 2.75) is 35.8 Å². The fourth-order valence-electron chi connectivity index (χ4n) is 2.16. The van der Waals surface area contributed by atoms with Crippen LogP contribution in [-0.4, -0.2) is 15.2 Å². The summed E-state index contributed by atoms with van der Waals surface area (Å²) in [5.74, 6) is 1.69. The molecule has 0 spiro atoms. The third-order valence-electron chi connectivity index (χ3n) is 3.10. The van der Waals surface area contributed by atoms with E-state index in [-0.39, 0.29) is 5.25 Å². The van der Waals surface area contributed by atoms with Crippen molar-refractivity contribution in [3.8, 4) is 0 Å². The molecule has 1 aromatic rings. The molecule has 1 aromatic carbocycles. The lowest BCUT2D eigenvalue weighted by Crippen LogP contribution is -2.22. The molecule has 16 heavy (non-hydrogen) atoms. The Kier molecular flexibility index (Phi) is 4.05. The van der Waals surface area contributed by atoms with Gasteiger partial charge >= 0.3 is 0 Å². The third-order valence-corrected chi connectivity index (χ3v) is 5.20. The van der Waals surface area contributed by atoms with Gasteiger partial charge in [-0.15, -0.1) is 11.8 Å². The maximum Gasteiger partial charge on any atom is 0.0917 e. The lowest BCUT2D eigenvalue weighted by molar-refractivity contribution is 0.579. The molecule has 0 aromatic heterocycles. The smallest absolute Gasteiger partial charge is 0.0917 e. The normalized spacial score (nSPS) is 23.5. The first-order chi connectivity index (χ1) is 7.68. The van der Waals surface area contributed by atoms with Crippen LogP contribution in [0.25, 0.3) is 0 Å². The number of hydrogen-bond donors (Lipinski definition) is 1. The zero-order valence-electron chi connectivity index (χ0n) is 9.39. The van der Waals surface area contributed by atoms with Crippen LogP contribution in [0.5, 0.6) is 0 Å². The molecule has 0 amide bonds. The van der Waals surface area contributed by atoms with E-state index in [9.17, 15) is 4.21 Å². The average molecular weight is 255 g/mol. The van der Waals surface area contributed by atoms with Crippen LogP contribution in [-0.2, 0) is 11.0 Å². The predicted molar refractivity (Wildman–Crippen MR) is 70.9 cm³/mol. The van der Waals surface area contributed by atoms with E-state index in [0.29, 0.717) is 5.92 Å². The Morgan fingerprint density at radius 3 is 3.06 bits per heavy atom. The molecule has 0 aliphatic carbocycles. The van der Waals surface area contributed by atoms with Crippen molar-refractivity contribution in [2.75, 3.05) is 5.75 Å². The van der Waals surface area contributed by atoms with Crippen molar-refractivity contribution < 1.29 is 4.21 Å². The number of benzene rings is 1. The Labute approximate surface area is 104 Å². The highest BCUT2D eigenvalue weighted by molar-refractivity contribution is 7.99. The van der Waals surface area contributed by atoms with Gasteiger partial charge in [0.1, 0.15) is 0 Å². The first-order valence-electron chi connectivity index (χ1n) is 5.55. The van der Waals surface area contributed by atoms with Gasteiger partial charge in [-0.1, -0.05) is 18.2 Å². The molecule has 2 nitrogen and oxygen atoms in total. The van der Waals surface area contributed by atoms with Crippen molar-refractivity contribution in [1.82, 2.24) is 0 Å². The highest BCUT2D eigenvalue weighted by Crippen LogP contribution is 2.39. The van der Waals surface area contributed by atoms with E-state index in [1.807, 2.05) is 18.7 Å². The second-order valence-electron chi connectivity index (χ2n) is 4.25. The summed E-state index contributed by atoms with van der Waals surface area (Å²) in [6, 6.07) is 8.54. The minimum atomic E-state index is -1.20. The molecule has 0 saturated carbocycles. The van der Waals surface area contributed by atoms with Gasteiger partial charge in [-0.3, -0.25) is 5.14 Å². The second kappa shape index (κ2) is 5.34. The summed E-state index contributed by atoms with van der Waals surface area (Å²) < 4.78 is 11.2. The topological polar surface area (TPSA) is 43.1 Å². The van der Waals surface area contributed by atoms with E-state index < -0.39 is 11.0 Å². The fraction of sp³-hybridized carbons (Fsp3) is 0.500. The molecule has 1 heterocycles. The maximum absolute atomic E-state index is 11.2. The summed E-state index contributed by atoms with van der Waals surface area (Å²) in [4.78, 5) is 1.38. The van der Waals surface area contributed by atoms with Crippen LogP contribution in [0.4, 0.5) is 0 Å². The first-order valence-corrected chi connectivity index (χ1v) is 7.81. The van der Waals surface area contributed by atoms with Gasteiger partial charge in [0.25, 0.3) is 0 Å². The summed E-state index contributed by atoms with van der Waals surface area (Å²) in [6.45, 7) is 1.97. The fourth-order valence-corrected chi connectivity index (χ4v) is 3.78. The average Bonchev–Trinajstić information content (AvgIpc) is 2.29. The Morgan fingerprint density at radius 1 is 1.56 bits per heavy atom. The third kappa shape index (κ3) is 2.67. The number of rotatable bonds is 3. The van der Waals surface area contributed by atoms with Gasteiger partial charge in [0.15, 0.2) is 0 Å². The molecule has 0 fully saturated rings. The molecular weight excluding hydrogens is 238 g/mol. The molecule has 1 aliphatic rings. The van der Waals surface area contributed by atoms with Crippen LogP contribution in [0.15, 0.2) is 29.2 Å². The SMILES string of the molecule is CC(C[C@@H]1CCSc2ccccc21)S(N)=O. The van der Waals surface area contributed by atoms with Gasteiger partial charge in [0.05, 0.1) is 11.0 Å². The molecule has 1 aliphatic heterocycles. The quantitative estimate of drug-likeness (QED) is 0.902. The van der Waals surface area contributed by atoms with Crippen molar-refractivity contribution in [1.29, 1.82) is 0 Å². The summed E-state index contributed by atoms with van der Waals surface area (Å²) in [5, 5.41) is 5.52. The number of hydrogen-bond acceptors (Lipinski definition) is 2. The van der Waals surface area contributed by atoms with Crippen molar-refractivity contribution in [2.24, 2.45) is 5.14 Å². The van der Waals surface area contributed by atoms with E-state index in [4.69, 9.17) is 5.14 Å². The van der Waals surface area contributed by atoms with Crippen LogP contribution in [0, 0.1) is 0 Å². The van der Waals surface area contributed by atoms with Gasteiger partial charge in [-0.25, -0.2) is 4.21 Å². The molecule has 2 N–H and O–H groups in total. The van der Waals surface area contributed by atoms with Gasteiger partial charge in [0.2, 0.25) is 0 Å². The summed E-state index contributed by atoms with van der Waals surface area (Å²) >= 11 is 1.92. The van der Waals surface area contributed by atoms with E-state index >= 15 is 0 Å². The standard InChI is InChI=1S/C12H17NOS2/c1-9(16(13)14)8-10-6-7-15-12-5-3-2-4-11(10)12/h2-5,9-10H,6-8,13H2,1H3/t9?,10-,16?/m0/s1. The highest BCUT2D eigenvalue weighted by atomic mass is 32.2. The molecule has 2 rings (SSSR count). The molecule has 3 atom stereocenters. The number of fused-ring (bicyclic) bond motifs is 1. The van der Waals surface area contributed by atoms with Gasteiger partial charge in [0, 0.05) is 10.1 Å². The van der Waals surface area contributed by atoms with Gasteiger partial charge in [-0.05, 0) is 43.1 Å². The zero-order chi connectivity index (χ0) is 11.5. The Balaban J connectivity index is 2.16. The molecule has 2 unspecified atom stereocenters. The van der Waals surface area contributed by atoms with E-state index in [2.05, 4.69) is 24.3 Å². The van der Waals surface area contributed by atoms with E-state index in [0.717, 1.165) is 12.2 Å². The summed E-state index contributed by atoms with van der Waals surface area (Å²) in [5.41, 5.74) is 1.41. The molecular formula is C12H17NOS2. The van der Waals surface area contributed by atoms with Crippen LogP contribution in [0.1, 0.15) is 31.2 Å². The van der Waals surface area contributed by atoms with Crippen molar-refractivity contribution >= 4 is 22.7 Å². The molecule has 88 valence electrons. The predicted octanol–water partition coefficient (Wildman–Crippen LogP) is 2.67. The molecule has 4 heteroatoms. The summed E-state index contributed by atoms with van der Waals surface area (Å²) in [7, 11) is -1.20. The lowest BCUT2D eigenvalue weighted by atomic mass is 9.91. The Morgan fingerprint density at radius 2 is 2.31 bits per heavy atom. The van der Waals surface area contributed by atoms with E-state index in [1.54, 1.807) is 0 Å². The zero-order valence-corrected chi connectivity index (χ0v) is 11.0. The monoisotopic (exact) mass is 255 g/mol. The lowest BCUT2D eigenvalue weighted by Gasteiger charge is -2.26. The van der Waals surface area contributed by atoms with Gasteiger partial charge < -0.3 is 0 Å². The van der Waals surface area contributed by atoms with Crippen LogP contribution < -0.4 is 5.14 Å². The minimum Gasteiger partial charge on any atom is -0.252 e. The first kappa shape index (κ1) is 12.1. The molecule has 0 bridgehead atoms. The molecule has 0 saturated heterocycles. The molecule has 0 radical (unpaired) electrons. The highest BCUT2D eigenvalue weighted by Gasteiger charge is 2.23. The van der Waals surface area contributed by atoms with Crippen molar-refractivity contribution in [3.63, 3.8) is 0 Å². The minimum absolute atomic E-state index is 0.0844. The number of thioether (sulfide) groups is 1. The second-order valence-corrected chi connectivity index (χ2v) is 6.85. The van der Waals surface area contributed by atoms with Crippen LogP contribution >= 0.6 is 11.8 Å². The van der Waals surface area contributed by atoms with Crippen LogP contribution in [0.2, 0.25) is 0 Å². The van der Waals surface area contributed by atoms with Crippen LogP contribution in [0.3, 0.4) is 0 Å². The Hall–Kier alpha value is -0.320. The number of nitrogens with two attached hydrogens (primary N) is 1. The maximum atomic E-state index is 11.2. The Bertz CT molecular complexity index is 394. The van der Waals surface area contributed by atoms with Crippen molar-refractivity contribution in [3.05, 3.63) is 29.8 Å². The van der Waals surface area contributed by atoms with Gasteiger partial charge in [-0.2, -0.15) is 0 Å².